The molecule has 0 aliphatic heterocycles. The third kappa shape index (κ3) is 5.43. The van der Waals surface area contributed by atoms with Crippen molar-refractivity contribution < 1.29 is 18.3 Å². The highest BCUT2D eigenvalue weighted by molar-refractivity contribution is 5.91. The summed E-state index contributed by atoms with van der Waals surface area (Å²) < 4.78 is 28.0. The fourth-order valence-corrected chi connectivity index (χ4v) is 1.26. The van der Waals surface area contributed by atoms with Gasteiger partial charge in [-0.05, 0) is 37.6 Å². The highest BCUT2D eigenvalue weighted by atomic mass is 19.3. The average molecular weight is 255 g/mol. The number of hydrogen-bond acceptors (Lipinski definition) is 2. The molecule has 3 nitrogen and oxygen atoms in total. The van der Waals surface area contributed by atoms with E-state index >= 15 is 0 Å². The van der Waals surface area contributed by atoms with Gasteiger partial charge >= 0.3 is 6.61 Å². The van der Waals surface area contributed by atoms with Gasteiger partial charge in [0.2, 0.25) is 5.91 Å². The van der Waals surface area contributed by atoms with Gasteiger partial charge in [0.05, 0.1) is 0 Å². The maximum Gasteiger partial charge on any atom is 0.387 e. The zero-order chi connectivity index (χ0) is 13.5. The van der Waals surface area contributed by atoms with Crippen molar-refractivity contribution in [3.05, 3.63) is 35.9 Å². The summed E-state index contributed by atoms with van der Waals surface area (Å²) in [5, 5.41) is 2.70. The number of benzene rings is 1. The molecule has 1 aromatic rings. The second-order valence-electron chi connectivity index (χ2n) is 3.94. The number of carbonyl (C=O) groups is 1. The molecule has 0 saturated heterocycles. The minimum absolute atomic E-state index is 0.0731. The predicted octanol–water partition coefficient (Wildman–Crippen LogP) is 2.83. The molecule has 1 rings (SSSR count). The van der Waals surface area contributed by atoms with Crippen molar-refractivity contribution >= 4 is 12.0 Å². The molecular formula is C13H15F2NO2. The van der Waals surface area contributed by atoms with Crippen molar-refractivity contribution in [3.63, 3.8) is 0 Å². The lowest BCUT2D eigenvalue weighted by atomic mass is 10.2. The second kappa shape index (κ2) is 6.74. The number of hydrogen-bond donors (Lipinski definition) is 1. The monoisotopic (exact) mass is 255 g/mol. The molecule has 5 heteroatoms. The molecule has 0 aliphatic rings. The Balaban J connectivity index is 2.58. The fourth-order valence-electron chi connectivity index (χ4n) is 1.26. The van der Waals surface area contributed by atoms with Crippen LogP contribution in [-0.2, 0) is 4.79 Å². The Morgan fingerprint density at radius 1 is 1.28 bits per heavy atom. The largest absolute Gasteiger partial charge is 0.435 e. The third-order valence-electron chi connectivity index (χ3n) is 1.96. The Kier molecular flexibility index (Phi) is 5.30. The van der Waals surface area contributed by atoms with Crippen molar-refractivity contribution in [2.75, 3.05) is 0 Å². The molecule has 1 amide bonds. The summed E-state index contributed by atoms with van der Waals surface area (Å²) in [6.07, 6.45) is 2.99. The van der Waals surface area contributed by atoms with Crippen LogP contribution in [0.2, 0.25) is 0 Å². The van der Waals surface area contributed by atoms with Crippen LogP contribution in [0, 0.1) is 0 Å². The first kappa shape index (κ1) is 14.2. The fraction of sp³-hybridized carbons (Fsp3) is 0.308. The number of nitrogens with one attached hydrogen (secondary N) is 1. The minimum atomic E-state index is -2.83. The van der Waals surface area contributed by atoms with E-state index in [2.05, 4.69) is 10.1 Å². The van der Waals surface area contributed by atoms with Gasteiger partial charge in [-0.3, -0.25) is 4.79 Å². The van der Waals surface area contributed by atoms with E-state index in [0.717, 1.165) is 5.56 Å². The Morgan fingerprint density at radius 3 is 2.39 bits per heavy atom. The van der Waals surface area contributed by atoms with E-state index in [1.807, 2.05) is 13.8 Å². The highest BCUT2D eigenvalue weighted by Crippen LogP contribution is 2.15. The second-order valence-corrected chi connectivity index (χ2v) is 3.94. The van der Waals surface area contributed by atoms with Crippen LogP contribution in [0.4, 0.5) is 8.78 Å². The van der Waals surface area contributed by atoms with Crippen LogP contribution in [-0.4, -0.2) is 18.6 Å². The Morgan fingerprint density at radius 2 is 1.89 bits per heavy atom. The number of halogens is 2. The number of alkyl halides is 2. The standard InChI is InChI=1S/C13H15F2NO2/c1-9(2)16-12(17)8-5-10-3-6-11(7-4-10)18-13(14)15/h3-9,13H,1-2H3,(H,16,17). The van der Waals surface area contributed by atoms with E-state index in [9.17, 15) is 13.6 Å². The lowest BCUT2D eigenvalue weighted by Gasteiger charge is -2.05. The predicted molar refractivity (Wildman–Crippen MR) is 65.4 cm³/mol. The van der Waals surface area contributed by atoms with Gasteiger partial charge in [0, 0.05) is 12.1 Å². The van der Waals surface area contributed by atoms with E-state index in [0.29, 0.717) is 0 Å². The highest BCUT2D eigenvalue weighted by Gasteiger charge is 2.03. The minimum Gasteiger partial charge on any atom is -0.435 e. The summed E-state index contributed by atoms with van der Waals surface area (Å²) >= 11 is 0. The van der Waals surface area contributed by atoms with Crippen molar-refractivity contribution in [3.8, 4) is 5.75 Å². The molecule has 1 N–H and O–H groups in total. The summed E-state index contributed by atoms with van der Waals surface area (Å²) in [6, 6.07) is 6.11. The average Bonchev–Trinajstić information content (AvgIpc) is 2.26. The zero-order valence-electron chi connectivity index (χ0n) is 10.2. The van der Waals surface area contributed by atoms with Crippen LogP contribution in [0.15, 0.2) is 30.3 Å². The first-order chi connectivity index (χ1) is 8.47. The summed E-state index contributed by atoms with van der Waals surface area (Å²) in [4.78, 5) is 11.3. The molecule has 0 aliphatic carbocycles. The third-order valence-corrected chi connectivity index (χ3v) is 1.96. The summed E-state index contributed by atoms with van der Waals surface area (Å²) in [6.45, 7) is 0.896. The van der Waals surface area contributed by atoms with E-state index in [1.165, 1.54) is 18.2 Å². The van der Waals surface area contributed by atoms with Crippen LogP contribution >= 0.6 is 0 Å². The normalized spacial score (nSPS) is 11.2. The van der Waals surface area contributed by atoms with Gasteiger partial charge in [-0.2, -0.15) is 8.78 Å². The molecule has 0 atom stereocenters. The Hall–Kier alpha value is -1.91. The first-order valence-corrected chi connectivity index (χ1v) is 5.51. The lowest BCUT2D eigenvalue weighted by molar-refractivity contribution is -0.116. The number of rotatable bonds is 5. The van der Waals surface area contributed by atoms with Crippen LogP contribution in [0.5, 0.6) is 5.75 Å². The quantitative estimate of drug-likeness (QED) is 0.822. The molecule has 0 unspecified atom stereocenters. The molecule has 1 aromatic carbocycles. The topological polar surface area (TPSA) is 38.3 Å². The van der Waals surface area contributed by atoms with Crippen LogP contribution in [0.3, 0.4) is 0 Å². The smallest absolute Gasteiger partial charge is 0.387 e. The van der Waals surface area contributed by atoms with Gasteiger partial charge in [-0.25, -0.2) is 0 Å². The van der Waals surface area contributed by atoms with E-state index in [-0.39, 0.29) is 17.7 Å². The van der Waals surface area contributed by atoms with Gasteiger partial charge in [0.15, 0.2) is 0 Å². The maximum absolute atomic E-state index is 11.9. The Labute approximate surface area is 104 Å². The van der Waals surface area contributed by atoms with E-state index in [1.54, 1.807) is 18.2 Å². The molecule has 0 aromatic heterocycles. The molecule has 0 spiro atoms. The molecule has 18 heavy (non-hydrogen) atoms. The van der Waals surface area contributed by atoms with Crippen molar-refractivity contribution in [1.82, 2.24) is 5.32 Å². The number of carbonyl (C=O) groups excluding carboxylic acids is 1. The first-order valence-electron chi connectivity index (χ1n) is 5.51. The molecule has 0 fully saturated rings. The number of amides is 1. The van der Waals surface area contributed by atoms with Crippen molar-refractivity contribution in [2.24, 2.45) is 0 Å². The zero-order valence-corrected chi connectivity index (χ0v) is 10.2. The van der Waals surface area contributed by atoms with E-state index in [4.69, 9.17) is 0 Å². The van der Waals surface area contributed by atoms with Gasteiger partial charge in [-0.1, -0.05) is 12.1 Å². The van der Waals surface area contributed by atoms with Gasteiger partial charge in [0.1, 0.15) is 5.75 Å². The summed E-state index contributed by atoms with van der Waals surface area (Å²) in [5.41, 5.74) is 0.732. The lowest BCUT2D eigenvalue weighted by Crippen LogP contribution is -2.28. The SMILES string of the molecule is CC(C)NC(=O)C=Cc1ccc(OC(F)F)cc1. The van der Waals surface area contributed by atoms with Gasteiger partial charge in [0.25, 0.3) is 0 Å². The Bertz CT molecular complexity index is 414. The summed E-state index contributed by atoms with van der Waals surface area (Å²) in [7, 11) is 0. The molecule has 0 heterocycles. The van der Waals surface area contributed by atoms with Crippen LogP contribution in [0.1, 0.15) is 19.4 Å². The van der Waals surface area contributed by atoms with Crippen LogP contribution in [0.25, 0.3) is 6.08 Å². The maximum atomic E-state index is 11.9. The van der Waals surface area contributed by atoms with Gasteiger partial charge in [-0.15, -0.1) is 0 Å². The molecule has 0 bridgehead atoms. The molecule has 0 radical (unpaired) electrons. The summed E-state index contributed by atoms with van der Waals surface area (Å²) in [5.74, 6) is -0.105. The van der Waals surface area contributed by atoms with Gasteiger partial charge < -0.3 is 10.1 Å². The molecule has 98 valence electrons. The number of ether oxygens (including phenoxy) is 1. The van der Waals surface area contributed by atoms with Crippen LogP contribution < -0.4 is 10.1 Å². The molecular weight excluding hydrogens is 240 g/mol. The van der Waals surface area contributed by atoms with Crippen molar-refractivity contribution in [2.45, 2.75) is 26.5 Å². The van der Waals surface area contributed by atoms with E-state index < -0.39 is 6.61 Å². The van der Waals surface area contributed by atoms with Crippen molar-refractivity contribution in [1.29, 1.82) is 0 Å². The molecule has 0 saturated carbocycles.